The summed E-state index contributed by atoms with van der Waals surface area (Å²) in [6, 6.07) is 0. The zero-order chi connectivity index (χ0) is 21.0. The predicted molar refractivity (Wildman–Crippen MR) is 119 cm³/mol. The van der Waals surface area contributed by atoms with E-state index in [0.29, 0.717) is 23.0 Å². The maximum absolute atomic E-state index is 12.7. The molecule has 1 N–H and O–H groups in total. The van der Waals surface area contributed by atoms with E-state index in [0.717, 1.165) is 38.4 Å². The third-order valence-corrected chi connectivity index (χ3v) is 6.12. The maximum Gasteiger partial charge on any atom is 0.329 e. The van der Waals surface area contributed by atoms with Gasteiger partial charge >= 0.3 is 5.69 Å². The summed E-state index contributed by atoms with van der Waals surface area (Å²) in [6.45, 7) is 9.43. The van der Waals surface area contributed by atoms with Crippen molar-refractivity contribution < 1.29 is 0 Å². The molecule has 0 amide bonds. The molecule has 0 aliphatic carbocycles. The van der Waals surface area contributed by atoms with Crippen LogP contribution in [-0.2, 0) is 13.6 Å². The van der Waals surface area contributed by atoms with Gasteiger partial charge in [-0.3, -0.25) is 14.3 Å². The molecule has 0 unspecified atom stereocenters. The first-order valence-corrected chi connectivity index (χ1v) is 11.4. The number of H-pyrrole nitrogens is 1. The number of anilines is 1. The Labute approximate surface area is 173 Å². The van der Waals surface area contributed by atoms with Gasteiger partial charge in [-0.15, -0.1) is 0 Å². The van der Waals surface area contributed by atoms with Crippen molar-refractivity contribution in [3.05, 3.63) is 20.8 Å². The molecule has 0 aromatic carbocycles. The van der Waals surface area contributed by atoms with Crippen LogP contribution in [0.25, 0.3) is 11.2 Å². The van der Waals surface area contributed by atoms with Crippen LogP contribution in [0, 0.1) is 11.8 Å². The summed E-state index contributed by atoms with van der Waals surface area (Å²) in [5.74, 6) is 2.02. The average molecular weight is 404 g/mol. The molecule has 0 radical (unpaired) electrons. The Bertz CT molecular complexity index is 916. The van der Waals surface area contributed by atoms with E-state index in [2.05, 4.69) is 35.2 Å². The van der Waals surface area contributed by atoms with Crippen molar-refractivity contribution in [2.45, 2.75) is 78.7 Å². The number of imidazole rings is 1. The topological polar surface area (TPSA) is 75.9 Å². The molecular weight excluding hydrogens is 366 g/mol. The molecule has 1 aliphatic rings. The van der Waals surface area contributed by atoms with Gasteiger partial charge in [0.25, 0.3) is 5.56 Å². The number of hydrogen-bond donors (Lipinski definition) is 1. The highest BCUT2D eigenvalue weighted by Gasteiger charge is 2.27. The molecule has 0 spiro atoms. The molecule has 7 nitrogen and oxygen atoms in total. The predicted octanol–water partition coefficient (Wildman–Crippen LogP) is 3.66. The van der Waals surface area contributed by atoms with Crippen molar-refractivity contribution in [3.8, 4) is 0 Å². The minimum atomic E-state index is -0.407. The summed E-state index contributed by atoms with van der Waals surface area (Å²) < 4.78 is 3.52. The summed E-state index contributed by atoms with van der Waals surface area (Å²) in [4.78, 5) is 34.3. The van der Waals surface area contributed by atoms with Crippen LogP contribution in [0.5, 0.6) is 0 Å². The second-order valence-electron chi connectivity index (χ2n) is 9.03. The number of nitrogens with one attached hydrogen (secondary N) is 1. The van der Waals surface area contributed by atoms with Crippen molar-refractivity contribution in [2.24, 2.45) is 18.9 Å². The lowest BCUT2D eigenvalue weighted by Gasteiger charge is -2.35. The Morgan fingerprint density at radius 1 is 1.00 bits per heavy atom. The van der Waals surface area contributed by atoms with E-state index >= 15 is 0 Å². The summed E-state index contributed by atoms with van der Waals surface area (Å²) in [7, 11) is 1.68. The van der Waals surface area contributed by atoms with Crippen LogP contribution in [0.1, 0.15) is 72.1 Å². The van der Waals surface area contributed by atoms with Crippen LogP contribution < -0.4 is 16.1 Å². The van der Waals surface area contributed by atoms with Crippen molar-refractivity contribution in [1.29, 1.82) is 0 Å². The summed E-state index contributed by atoms with van der Waals surface area (Å²) in [5, 5.41) is 0. The van der Waals surface area contributed by atoms with E-state index in [-0.39, 0.29) is 5.56 Å². The zero-order valence-electron chi connectivity index (χ0n) is 18.5. The zero-order valence-corrected chi connectivity index (χ0v) is 18.5. The molecular formula is C22H37N5O2. The molecule has 29 heavy (non-hydrogen) atoms. The third-order valence-electron chi connectivity index (χ3n) is 6.12. The standard InChI is InChI=1S/C22H37N5O2/c1-5-6-7-8-9-10-11-12-27-18-19(25(4)22(29)24-20(18)28)23-21(27)26-14-16(2)13-17(3)15-26/h16-17H,5-15H2,1-4H3,(H,24,28,29)/t16-,17-/m1/s1. The molecule has 2 atom stereocenters. The summed E-state index contributed by atoms with van der Waals surface area (Å²) in [5.41, 5.74) is 0.277. The van der Waals surface area contributed by atoms with Gasteiger partial charge in [-0.2, -0.15) is 4.98 Å². The van der Waals surface area contributed by atoms with Gasteiger partial charge in [0.15, 0.2) is 11.2 Å². The van der Waals surface area contributed by atoms with Gasteiger partial charge in [0.1, 0.15) is 0 Å². The van der Waals surface area contributed by atoms with Crippen molar-refractivity contribution >= 4 is 17.1 Å². The minimum absolute atomic E-state index is 0.331. The Kier molecular flexibility index (Phi) is 7.19. The Morgan fingerprint density at radius 3 is 2.28 bits per heavy atom. The number of rotatable bonds is 9. The maximum atomic E-state index is 12.7. The lowest BCUT2D eigenvalue weighted by Crippen LogP contribution is -2.40. The molecule has 0 saturated carbocycles. The number of aryl methyl sites for hydroxylation is 2. The minimum Gasteiger partial charge on any atom is -0.342 e. The quantitative estimate of drug-likeness (QED) is 0.648. The van der Waals surface area contributed by atoms with Crippen LogP contribution in [0.4, 0.5) is 5.95 Å². The van der Waals surface area contributed by atoms with Gasteiger partial charge in [0.05, 0.1) is 0 Å². The first-order chi connectivity index (χ1) is 13.9. The number of nitrogens with zero attached hydrogens (tertiary/aromatic N) is 4. The van der Waals surface area contributed by atoms with Gasteiger partial charge in [0, 0.05) is 26.7 Å². The normalized spacial score (nSPS) is 19.9. The molecule has 3 heterocycles. The lowest BCUT2D eigenvalue weighted by atomic mass is 9.92. The number of fused-ring (bicyclic) bond motifs is 1. The molecule has 162 valence electrons. The molecule has 3 rings (SSSR count). The third kappa shape index (κ3) is 4.93. The number of piperidine rings is 1. The first kappa shape index (κ1) is 21.7. The Balaban J connectivity index is 1.87. The highest BCUT2D eigenvalue weighted by Crippen LogP contribution is 2.28. The SMILES string of the molecule is CCCCCCCCCn1c(N2C[C@H](C)C[C@@H](C)C2)nc2c1c(=O)[nH]c(=O)n2C. The van der Waals surface area contributed by atoms with Gasteiger partial charge in [-0.05, 0) is 24.7 Å². The summed E-state index contributed by atoms with van der Waals surface area (Å²) in [6.07, 6.45) is 9.78. The van der Waals surface area contributed by atoms with Crippen molar-refractivity contribution in [1.82, 2.24) is 19.1 Å². The molecule has 2 aromatic heterocycles. The van der Waals surface area contributed by atoms with Gasteiger partial charge < -0.3 is 9.47 Å². The van der Waals surface area contributed by atoms with E-state index in [9.17, 15) is 9.59 Å². The fourth-order valence-corrected chi connectivity index (χ4v) is 4.73. The summed E-state index contributed by atoms with van der Waals surface area (Å²) >= 11 is 0. The van der Waals surface area contributed by atoms with Gasteiger partial charge in [0.2, 0.25) is 5.95 Å². The van der Waals surface area contributed by atoms with E-state index in [1.54, 1.807) is 7.05 Å². The highest BCUT2D eigenvalue weighted by atomic mass is 16.2. The largest absolute Gasteiger partial charge is 0.342 e. The fraction of sp³-hybridized carbons (Fsp3) is 0.773. The second kappa shape index (κ2) is 9.63. The van der Waals surface area contributed by atoms with Crippen LogP contribution in [-0.4, -0.2) is 32.2 Å². The van der Waals surface area contributed by atoms with Crippen LogP contribution in [0.2, 0.25) is 0 Å². The average Bonchev–Trinajstić information content (AvgIpc) is 3.05. The van der Waals surface area contributed by atoms with E-state index in [4.69, 9.17) is 4.98 Å². The molecule has 1 saturated heterocycles. The number of aromatic amines is 1. The molecule has 1 fully saturated rings. The van der Waals surface area contributed by atoms with E-state index in [1.807, 2.05) is 0 Å². The smallest absolute Gasteiger partial charge is 0.329 e. The van der Waals surface area contributed by atoms with Gasteiger partial charge in [-0.25, -0.2) is 4.79 Å². The second-order valence-corrected chi connectivity index (χ2v) is 9.03. The van der Waals surface area contributed by atoms with E-state index < -0.39 is 5.69 Å². The highest BCUT2D eigenvalue weighted by molar-refractivity contribution is 5.74. The first-order valence-electron chi connectivity index (χ1n) is 11.4. The van der Waals surface area contributed by atoms with E-state index in [1.165, 1.54) is 43.1 Å². The van der Waals surface area contributed by atoms with Crippen molar-refractivity contribution in [2.75, 3.05) is 18.0 Å². The Hall–Kier alpha value is -2.05. The molecule has 2 aromatic rings. The number of aromatic nitrogens is 4. The van der Waals surface area contributed by atoms with Crippen LogP contribution in [0.15, 0.2) is 9.59 Å². The van der Waals surface area contributed by atoms with Crippen molar-refractivity contribution in [3.63, 3.8) is 0 Å². The fourth-order valence-electron chi connectivity index (χ4n) is 4.73. The van der Waals surface area contributed by atoms with Crippen LogP contribution >= 0.6 is 0 Å². The number of hydrogen-bond acceptors (Lipinski definition) is 4. The molecule has 0 bridgehead atoms. The lowest BCUT2D eigenvalue weighted by molar-refractivity contribution is 0.351. The molecule has 1 aliphatic heterocycles. The number of unbranched alkanes of at least 4 members (excludes halogenated alkanes) is 6. The Morgan fingerprint density at radius 2 is 1.62 bits per heavy atom. The van der Waals surface area contributed by atoms with Gasteiger partial charge in [-0.1, -0.05) is 59.3 Å². The van der Waals surface area contributed by atoms with Crippen LogP contribution in [0.3, 0.4) is 0 Å². The monoisotopic (exact) mass is 403 g/mol. The molecule has 7 heteroatoms.